The number of carbonyl (C=O) groups excluding carboxylic acids is 1. The molecule has 11 heteroatoms. The van der Waals surface area contributed by atoms with Crippen molar-refractivity contribution in [3.8, 4) is 11.2 Å². The fourth-order valence-electron chi connectivity index (χ4n) is 3.96. The Hall–Kier alpha value is -2.29. The van der Waals surface area contributed by atoms with Crippen molar-refractivity contribution in [1.82, 2.24) is 5.32 Å². The van der Waals surface area contributed by atoms with E-state index in [1.165, 1.54) is 29.2 Å². The highest BCUT2D eigenvalue weighted by molar-refractivity contribution is 8.12. The number of nitrogens with zero attached hydrogens (tertiary/aromatic N) is 1. The van der Waals surface area contributed by atoms with Crippen molar-refractivity contribution in [3.63, 3.8) is 0 Å². The van der Waals surface area contributed by atoms with E-state index in [2.05, 4.69) is 21.5 Å². The van der Waals surface area contributed by atoms with Crippen LogP contribution < -0.4 is 5.32 Å². The second kappa shape index (κ2) is 9.76. The molecule has 4 rings (SSSR count). The number of hydrogen-bond acceptors (Lipinski definition) is 5. The molecule has 0 amide bonds. The molecular formula is C23H18F6N2OS2. The molecule has 3 heterocycles. The Labute approximate surface area is 200 Å². The van der Waals surface area contributed by atoms with Gasteiger partial charge in [-0.05, 0) is 41.1 Å². The van der Waals surface area contributed by atoms with Gasteiger partial charge in [0.2, 0.25) is 0 Å². The number of fused-ring (bicyclic) bond motifs is 1. The van der Waals surface area contributed by atoms with E-state index >= 15 is 0 Å². The summed E-state index contributed by atoms with van der Waals surface area (Å²) in [5.41, 5.74) is -1.56. The second-order valence-electron chi connectivity index (χ2n) is 7.84. The van der Waals surface area contributed by atoms with E-state index < -0.39 is 42.2 Å². The van der Waals surface area contributed by atoms with Crippen molar-refractivity contribution in [2.24, 2.45) is 10.9 Å². The lowest BCUT2D eigenvalue weighted by atomic mass is 9.79. The fourth-order valence-corrected chi connectivity index (χ4v) is 5.72. The molecule has 2 atom stereocenters. The van der Waals surface area contributed by atoms with Gasteiger partial charge in [-0.15, -0.1) is 11.3 Å². The summed E-state index contributed by atoms with van der Waals surface area (Å²) in [4.78, 5) is 19.3. The molecule has 0 bridgehead atoms. The zero-order chi connectivity index (χ0) is 24.5. The van der Waals surface area contributed by atoms with Crippen molar-refractivity contribution >= 4 is 39.5 Å². The van der Waals surface area contributed by atoms with Gasteiger partial charge < -0.3 is 5.32 Å². The quantitative estimate of drug-likeness (QED) is 0.284. The Kier molecular flexibility index (Phi) is 7.12. The number of rotatable bonds is 6. The Bertz CT molecular complexity index is 1160. The SMILES string of the molecule is O=C(CNCc1ccc(C2=CCC#CS2)s1)C1=C2CC=CC(C(F)(F)F)C2N=C(C(F)(F)F)C1. The largest absolute Gasteiger partial charge is 0.429 e. The molecule has 1 aromatic heterocycles. The van der Waals surface area contributed by atoms with Crippen LogP contribution in [-0.2, 0) is 11.3 Å². The monoisotopic (exact) mass is 516 g/mol. The molecule has 180 valence electrons. The Balaban J connectivity index is 1.47. The molecule has 34 heavy (non-hydrogen) atoms. The fraction of sp³-hybridized carbons (Fsp3) is 0.391. The summed E-state index contributed by atoms with van der Waals surface area (Å²) in [6, 6.07) is 2.05. The van der Waals surface area contributed by atoms with Gasteiger partial charge in [0.1, 0.15) is 5.71 Å². The second-order valence-corrected chi connectivity index (χ2v) is 9.86. The van der Waals surface area contributed by atoms with E-state index in [1.54, 1.807) is 0 Å². The first-order chi connectivity index (χ1) is 16.0. The smallest absolute Gasteiger partial charge is 0.305 e. The summed E-state index contributed by atoms with van der Waals surface area (Å²) in [7, 11) is 0. The first-order valence-corrected chi connectivity index (χ1v) is 11.9. The maximum absolute atomic E-state index is 13.5. The Morgan fingerprint density at radius 1 is 1.21 bits per heavy atom. The number of thiophene rings is 1. The summed E-state index contributed by atoms with van der Waals surface area (Å²) in [5, 5.41) is 5.88. The van der Waals surface area contributed by atoms with Crippen LogP contribution in [0, 0.1) is 17.1 Å². The number of dihydropyridines is 1. The third kappa shape index (κ3) is 5.50. The Morgan fingerprint density at radius 3 is 2.68 bits per heavy atom. The Morgan fingerprint density at radius 2 is 2.00 bits per heavy atom. The summed E-state index contributed by atoms with van der Waals surface area (Å²) in [6.07, 6.45) is -5.76. The zero-order valence-electron chi connectivity index (χ0n) is 17.5. The number of thioether (sulfide) groups is 1. The van der Waals surface area contributed by atoms with Crippen LogP contribution >= 0.6 is 23.1 Å². The zero-order valence-corrected chi connectivity index (χ0v) is 19.1. The maximum atomic E-state index is 13.5. The number of ketones is 1. The first kappa shape index (κ1) is 24.8. The van der Waals surface area contributed by atoms with Crippen molar-refractivity contribution in [3.05, 3.63) is 51.3 Å². The van der Waals surface area contributed by atoms with E-state index in [9.17, 15) is 31.1 Å². The van der Waals surface area contributed by atoms with Gasteiger partial charge in [0, 0.05) is 39.6 Å². The minimum Gasteiger partial charge on any atom is -0.305 e. The highest BCUT2D eigenvalue weighted by atomic mass is 32.2. The summed E-state index contributed by atoms with van der Waals surface area (Å²) in [5.74, 6) is 0.117. The van der Waals surface area contributed by atoms with Crippen molar-refractivity contribution in [2.75, 3.05) is 6.54 Å². The molecule has 0 spiro atoms. The molecule has 1 N–H and O–H groups in total. The van der Waals surface area contributed by atoms with Crippen LogP contribution in [0.2, 0.25) is 0 Å². The molecule has 2 unspecified atom stereocenters. The van der Waals surface area contributed by atoms with E-state index in [0.29, 0.717) is 13.0 Å². The number of nitrogens with one attached hydrogen (secondary N) is 1. The van der Waals surface area contributed by atoms with Crippen LogP contribution in [0.4, 0.5) is 26.3 Å². The molecule has 0 radical (unpaired) electrons. The average Bonchev–Trinajstić information content (AvgIpc) is 3.26. The van der Waals surface area contributed by atoms with Crippen LogP contribution in [0.15, 0.2) is 46.5 Å². The lowest BCUT2D eigenvalue weighted by Gasteiger charge is -2.34. The van der Waals surface area contributed by atoms with Crippen LogP contribution in [0.3, 0.4) is 0 Å². The van der Waals surface area contributed by atoms with Crippen LogP contribution in [-0.4, -0.2) is 36.4 Å². The number of halogens is 6. The molecule has 2 aliphatic heterocycles. The molecule has 3 nitrogen and oxygen atoms in total. The van der Waals surface area contributed by atoms with Crippen LogP contribution in [0.25, 0.3) is 4.91 Å². The molecule has 0 aromatic carbocycles. The van der Waals surface area contributed by atoms with Crippen molar-refractivity contribution in [1.29, 1.82) is 0 Å². The molecular weight excluding hydrogens is 498 g/mol. The molecule has 0 saturated heterocycles. The molecule has 0 fully saturated rings. The molecule has 1 aromatic rings. The summed E-state index contributed by atoms with van der Waals surface area (Å²) >= 11 is 2.94. The van der Waals surface area contributed by atoms with Crippen molar-refractivity contribution < 1.29 is 31.1 Å². The predicted molar refractivity (Wildman–Crippen MR) is 121 cm³/mol. The minimum absolute atomic E-state index is 0.0189. The number of allylic oxidation sites excluding steroid dienone is 2. The summed E-state index contributed by atoms with van der Waals surface area (Å²) < 4.78 is 80.6. The van der Waals surface area contributed by atoms with Gasteiger partial charge in [-0.2, -0.15) is 26.3 Å². The third-order valence-electron chi connectivity index (χ3n) is 5.56. The normalized spacial score (nSPS) is 22.5. The number of alkyl halides is 6. The van der Waals surface area contributed by atoms with Gasteiger partial charge in [0.15, 0.2) is 5.78 Å². The minimum atomic E-state index is -4.91. The average molecular weight is 517 g/mol. The van der Waals surface area contributed by atoms with E-state index in [1.807, 2.05) is 18.2 Å². The lowest BCUT2D eigenvalue weighted by molar-refractivity contribution is -0.164. The first-order valence-electron chi connectivity index (χ1n) is 10.3. The highest BCUT2D eigenvalue weighted by Crippen LogP contribution is 2.43. The van der Waals surface area contributed by atoms with Gasteiger partial charge in [-0.25, -0.2) is 0 Å². The maximum Gasteiger partial charge on any atom is 0.429 e. The van der Waals surface area contributed by atoms with Crippen LogP contribution in [0.5, 0.6) is 0 Å². The van der Waals surface area contributed by atoms with E-state index in [-0.39, 0.29) is 24.1 Å². The van der Waals surface area contributed by atoms with Gasteiger partial charge in [-0.1, -0.05) is 24.1 Å². The van der Waals surface area contributed by atoms with E-state index in [4.69, 9.17) is 0 Å². The molecule has 1 aliphatic carbocycles. The van der Waals surface area contributed by atoms with Gasteiger partial charge in [0.05, 0.1) is 18.5 Å². The van der Waals surface area contributed by atoms with Gasteiger partial charge in [0.25, 0.3) is 0 Å². The molecule has 0 saturated carbocycles. The summed E-state index contributed by atoms with van der Waals surface area (Å²) in [6.45, 7) is 0.0185. The predicted octanol–water partition coefficient (Wildman–Crippen LogP) is 6.06. The standard InChI is InChI=1S/C23H18F6N2OS2/c24-22(25,26)16-5-3-4-14-15(10-20(23(27,28)29)31-21(14)16)17(32)12-30-11-13-7-8-19(34-13)18-6-1-2-9-33-18/h3,5-8,16,21,30H,1,4,10-12H2. The van der Waals surface area contributed by atoms with Gasteiger partial charge in [-0.3, -0.25) is 9.79 Å². The number of hydrogen-bond donors (Lipinski definition) is 1. The number of Topliss-reactive ketones (excluding diaryl/α,β-unsaturated/α-hetero) is 1. The van der Waals surface area contributed by atoms with Crippen LogP contribution in [0.1, 0.15) is 29.0 Å². The topological polar surface area (TPSA) is 41.5 Å². The lowest BCUT2D eigenvalue weighted by Crippen LogP contribution is -2.41. The number of carbonyl (C=O) groups is 1. The third-order valence-corrected chi connectivity index (χ3v) is 7.66. The van der Waals surface area contributed by atoms with E-state index in [0.717, 1.165) is 20.7 Å². The molecule has 3 aliphatic rings. The van der Waals surface area contributed by atoms with Gasteiger partial charge >= 0.3 is 12.4 Å². The van der Waals surface area contributed by atoms with Crippen molar-refractivity contribution in [2.45, 2.75) is 44.2 Å². The highest BCUT2D eigenvalue weighted by Gasteiger charge is 2.50. The number of aliphatic imine (C=N–C) groups is 1.